The molecule has 3 rings (SSSR count). The van der Waals surface area contributed by atoms with Crippen LogP contribution < -0.4 is 10.5 Å². The monoisotopic (exact) mass is 367 g/mol. The molecule has 0 radical (unpaired) electrons. The number of benzene rings is 1. The molecule has 1 aromatic heterocycles. The van der Waals surface area contributed by atoms with Crippen LogP contribution in [0.25, 0.3) is 6.08 Å². The van der Waals surface area contributed by atoms with Crippen LogP contribution in [-0.2, 0) is 12.0 Å². The largest absolute Gasteiger partial charge is 0.494 e. The van der Waals surface area contributed by atoms with Crippen LogP contribution in [0.4, 0.5) is 5.69 Å². The number of rotatable bonds is 3. The molecule has 0 atom stereocenters. The summed E-state index contributed by atoms with van der Waals surface area (Å²) in [5.74, 6) is -0.192. The van der Waals surface area contributed by atoms with E-state index in [4.69, 9.17) is 12.2 Å². The normalized spacial score (nSPS) is 14.7. The third-order valence-electron chi connectivity index (χ3n) is 4.74. The molecule has 0 bridgehead atoms. The predicted molar refractivity (Wildman–Crippen MR) is 107 cm³/mol. The van der Waals surface area contributed by atoms with Crippen LogP contribution in [0.1, 0.15) is 25.0 Å². The summed E-state index contributed by atoms with van der Waals surface area (Å²) >= 11 is 5.10. The van der Waals surface area contributed by atoms with Crippen molar-refractivity contribution in [3.63, 3.8) is 0 Å². The molecule has 0 spiro atoms. The van der Waals surface area contributed by atoms with E-state index < -0.39 is 5.56 Å². The second-order valence-corrected chi connectivity index (χ2v) is 7.12. The first-order valence-electron chi connectivity index (χ1n) is 8.26. The van der Waals surface area contributed by atoms with Gasteiger partial charge >= 0.3 is 0 Å². The predicted octanol–water partition coefficient (Wildman–Crippen LogP) is 3.72. The molecule has 1 aliphatic heterocycles. The van der Waals surface area contributed by atoms with Gasteiger partial charge < -0.3 is 10.0 Å². The maximum atomic E-state index is 12.3. The number of anilines is 1. The number of allylic oxidation sites excluding steroid dienone is 2. The number of nitrogens with zero attached hydrogens (tertiary/aromatic N) is 2. The molecular formula is C20H21N3O2S. The van der Waals surface area contributed by atoms with Crippen molar-refractivity contribution in [3.8, 4) is 5.88 Å². The van der Waals surface area contributed by atoms with Crippen LogP contribution in [-0.4, -0.2) is 21.7 Å². The van der Waals surface area contributed by atoms with Crippen LogP contribution in [0.2, 0.25) is 0 Å². The van der Waals surface area contributed by atoms with E-state index in [1.807, 2.05) is 19.2 Å². The summed E-state index contributed by atoms with van der Waals surface area (Å²) in [6.45, 7) is 8.17. The lowest BCUT2D eigenvalue weighted by Crippen LogP contribution is -2.22. The van der Waals surface area contributed by atoms with E-state index in [0.29, 0.717) is 6.54 Å². The molecule has 26 heavy (non-hydrogen) atoms. The highest BCUT2D eigenvalue weighted by Gasteiger charge is 2.38. The van der Waals surface area contributed by atoms with E-state index in [9.17, 15) is 9.90 Å². The number of likely N-dealkylation sites (N-methyl/N-ethyl adjacent to an activating group) is 1. The first-order chi connectivity index (χ1) is 12.3. The Morgan fingerprint density at radius 1 is 1.38 bits per heavy atom. The van der Waals surface area contributed by atoms with Gasteiger partial charge in [0.05, 0.1) is 5.70 Å². The quantitative estimate of drug-likeness (QED) is 0.493. The Morgan fingerprint density at radius 3 is 2.73 bits per heavy atom. The molecule has 1 aliphatic rings. The van der Waals surface area contributed by atoms with Crippen LogP contribution >= 0.6 is 12.2 Å². The van der Waals surface area contributed by atoms with Gasteiger partial charge in [0.25, 0.3) is 5.56 Å². The minimum absolute atomic E-state index is 0.119. The number of hydrogen-bond acceptors (Lipinski definition) is 4. The summed E-state index contributed by atoms with van der Waals surface area (Å²) in [6.07, 6.45) is 3.12. The molecule has 0 unspecified atom stereocenters. The van der Waals surface area contributed by atoms with Gasteiger partial charge in [-0.25, -0.2) is 0 Å². The molecule has 0 saturated carbocycles. The van der Waals surface area contributed by atoms with Crippen LogP contribution in [0.15, 0.2) is 53.1 Å². The molecule has 5 nitrogen and oxygen atoms in total. The maximum Gasteiger partial charge on any atom is 0.263 e. The number of hydrogen-bond donors (Lipinski definition) is 2. The molecule has 2 aromatic rings. The summed E-state index contributed by atoms with van der Waals surface area (Å²) in [5, 5.41) is 10.5. The fourth-order valence-electron chi connectivity index (χ4n) is 3.38. The van der Waals surface area contributed by atoms with Crippen molar-refractivity contribution in [2.45, 2.75) is 25.8 Å². The van der Waals surface area contributed by atoms with E-state index in [2.05, 4.69) is 48.2 Å². The third kappa shape index (κ3) is 2.73. The van der Waals surface area contributed by atoms with Crippen LogP contribution in [0, 0.1) is 4.77 Å². The molecule has 6 heteroatoms. The number of H-pyrrole nitrogens is 1. The first-order valence-corrected chi connectivity index (χ1v) is 8.67. The Kier molecular flexibility index (Phi) is 4.48. The fraction of sp³-hybridized carbons (Fsp3) is 0.250. The van der Waals surface area contributed by atoms with Gasteiger partial charge in [0.1, 0.15) is 5.56 Å². The van der Waals surface area contributed by atoms with Crippen molar-refractivity contribution in [2.75, 3.05) is 11.9 Å². The Balaban J connectivity index is 2.19. The van der Waals surface area contributed by atoms with Crippen molar-refractivity contribution in [2.24, 2.45) is 0 Å². The average molecular weight is 367 g/mol. The number of fused-ring (bicyclic) bond motifs is 1. The lowest BCUT2D eigenvalue weighted by molar-refractivity contribution is 0.412. The molecule has 0 saturated heterocycles. The SMILES string of the molecule is C=CCn1c(O)c(C=C=C2N(C)c3ccccc3C2(C)C)c(=O)[nH]c1=S. The molecular weight excluding hydrogens is 346 g/mol. The van der Waals surface area contributed by atoms with Crippen molar-refractivity contribution >= 4 is 24.0 Å². The van der Waals surface area contributed by atoms with Crippen LogP contribution in [0.3, 0.4) is 0 Å². The number of nitrogens with one attached hydrogen (secondary N) is 1. The minimum Gasteiger partial charge on any atom is -0.494 e. The van der Waals surface area contributed by atoms with Crippen LogP contribution in [0.5, 0.6) is 5.88 Å². The number of aromatic nitrogens is 2. The Labute approximate surface area is 157 Å². The highest BCUT2D eigenvalue weighted by Crippen LogP contribution is 2.46. The van der Waals surface area contributed by atoms with Crippen molar-refractivity contribution in [1.29, 1.82) is 0 Å². The summed E-state index contributed by atoms with van der Waals surface area (Å²) in [7, 11) is 1.97. The van der Waals surface area contributed by atoms with Gasteiger partial charge in [-0.3, -0.25) is 14.3 Å². The van der Waals surface area contributed by atoms with Gasteiger partial charge in [-0.15, -0.1) is 6.58 Å². The lowest BCUT2D eigenvalue weighted by Gasteiger charge is -2.21. The maximum absolute atomic E-state index is 12.3. The van der Waals surface area contributed by atoms with Gasteiger partial charge in [-0.1, -0.05) is 30.0 Å². The fourth-order valence-corrected chi connectivity index (χ4v) is 3.64. The van der Waals surface area contributed by atoms with E-state index >= 15 is 0 Å². The van der Waals surface area contributed by atoms with Gasteiger partial charge in [-0.05, 0) is 37.7 Å². The Bertz CT molecular complexity index is 1070. The highest BCUT2D eigenvalue weighted by molar-refractivity contribution is 7.71. The number of aromatic hydroxyl groups is 1. The summed E-state index contributed by atoms with van der Waals surface area (Å²) < 4.78 is 1.57. The van der Waals surface area contributed by atoms with Gasteiger partial charge in [0.15, 0.2) is 4.77 Å². The second kappa shape index (κ2) is 6.48. The summed E-state index contributed by atoms with van der Waals surface area (Å²) in [6, 6.07) is 8.15. The molecule has 2 heterocycles. The van der Waals surface area contributed by atoms with Gasteiger partial charge in [0, 0.05) is 30.8 Å². The number of aromatic amines is 1. The molecule has 2 N–H and O–H groups in total. The Hall–Kier alpha value is -2.82. The zero-order chi connectivity index (χ0) is 19.1. The topological polar surface area (TPSA) is 61.3 Å². The minimum atomic E-state index is -0.447. The molecule has 1 aromatic carbocycles. The summed E-state index contributed by atoms with van der Waals surface area (Å²) in [5.41, 5.74) is 5.84. The van der Waals surface area contributed by atoms with Crippen molar-refractivity contribution in [3.05, 3.63) is 74.6 Å². The lowest BCUT2D eigenvalue weighted by atomic mass is 9.84. The summed E-state index contributed by atoms with van der Waals surface area (Å²) in [4.78, 5) is 16.9. The number of para-hydroxylation sites is 1. The van der Waals surface area contributed by atoms with E-state index in [-0.39, 0.29) is 21.6 Å². The van der Waals surface area contributed by atoms with Gasteiger partial charge in [-0.2, -0.15) is 0 Å². The highest BCUT2D eigenvalue weighted by atomic mass is 32.1. The Morgan fingerprint density at radius 2 is 2.08 bits per heavy atom. The third-order valence-corrected chi connectivity index (χ3v) is 5.06. The first kappa shape index (κ1) is 18.0. The van der Waals surface area contributed by atoms with Crippen molar-refractivity contribution in [1.82, 2.24) is 9.55 Å². The van der Waals surface area contributed by atoms with E-state index in [1.54, 1.807) is 6.08 Å². The standard InChI is InChI=1S/C20H21N3O2S/c1-5-12-23-18(25)13(17(24)21-19(23)26)10-11-16-20(2,3)14-8-6-7-9-15(14)22(16)4/h5-10,25H,1,12H2,2-4H3,(H,21,24,26). The van der Waals surface area contributed by atoms with E-state index in [0.717, 1.165) is 11.4 Å². The zero-order valence-electron chi connectivity index (χ0n) is 15.0. The van der Waals surface area contributed by atoms with Crippen molar-refractivity contribution < 1.29 is 5.11 Å². The molecule has 0 amide bonds. The molecule has 0 fully saturated rings. The van der Waals surface area contributed by atoms with Gasteiger partial charge in [0.2, 0.25) is 5.88 Å². The van der Waals surface area contributed by atoms with E-state index in [1.165, 1.54) is 16.2 Å². The zero-order valence-corrected chi connectivity index (χ0v) is 15.9. The smallest absolute Gasteiger partial charge is 0.263 e. The second-order valence-electron chi connectivity index (χ2n) is 6.73. The molecule has 134 valence electrons. The molecule has 0 aliphatic carbocycles. The average Bonchev–Trinajstić information content (AvgIpc) is 2.79.